The molecule has 1 aliphatic heterocycles. The normalized spacial score (nSPS) is 20.0. The van der Waals surface area contributed by atoms with E-state index in [0.29, 0.717) is 18.7 Å². The van der Waals surface area contributed by atoms with Crippen LogP contribution in [0.2, 0.25) is 0 Å². The molecule has 4 aromatic rings. The van der Waals surface area contributed by atoms with Crippen molar-refractivity contribution in [3.8, 4) is 0 Å². The average molecular weight is 573 g/mol. The Hall–Kier alpha value is -3.53. The number of hydrogen-bond acceptors (Lipinski definition) is 6. The summed E-state index contributed by atoms with van der Waals surface area (Å²) < 4.78 is 41.1. The minimum atomic E-state index is -3.69. The second-order valence-corrected chi connectivity index (χ2v) is 12.1. The zero-order chi connectivity index (χ0) is 28.8. The van der Waals surface area contributed by atoms with Crippen molar-refractivity contribution in [2.75, 3.05) is 18.3 Å². The fourth-order valence-corrected chi connectivity index (χ4v) is 6.10. The van der Waals surface area contributed by atoms with Gasteiger partial charge in [-0.3, -0.25) is 9.62 Å². The lowest BCUT2D eigenvalue weighted by molar-refractivity contribution is -0.253. The molecule has 1 saturated heterocycles. The molecule has 4 unspecified atom stereocenters. The van der Waals surface area contributed by atoms with Gasteiger partial charge in [0, 0.05) is 30.3 Å². The van der Waals surface area contributed by atoms with Gasteiger partial charge in [0.1, 0.15) is 0 Å². The monoisotopic (exact) mass is 572 g/mol. The summed E-state index contributed by atoms with van der Waals surface area (Å²) in [7, 11) is -1.59. The van der Waals surface area contributed by atoms with Crippen molar-refractivity contribution >= 4 is 15.7 Å². The van der Waals surface area contributed by atoms with E-state index in [-0.39, 0.29) is 29.8 Å². The van der Waals surface area contributed by atoms with Crippen molar-refractivity contribution in [2.45, 2.75) is 49.4 Å². The molecule has 1 aliphatic rings. The lowest BCUT2D eigenvalue weighted by Gasteiger charge is -2.39. The molecule has 4 atom stereocenters. The highest BCUT2D eigenvalue weighted by molar-refractivity contribution is 7.92. The summed E-state index contributed by atoms with van der Waals surface area (Å²) in [4.78, 5) is 2.49. The van der Waals surface area contributed by atoms with Gasteiger partial charge in [-0.05, 0) is 54.9 Å². The third kappa shape index (κ3) is 7.22. The molecule has 0 aliphatic carbocycles. The number of hydrogen-bond donors (Lipinski definition) is 2. The van der Waals surface area contributed by atoms with E-state index in [4.69, 9.17) is 9.47 Å². The van der Waals surface area contributed by atoms with Crippen molar-refractivity contribution in [3.63, 3.8) is 0 Å². The number of aliphatic hydroxyl groups is 1. The third-order valence-electron chi connectivity index (χ3n) is 7.54. The maximum atomic E-state index is 12.8. The molecule has 0 radical (unpaired) electrons. The number of benzene rings is 4. The second kappa shape index (κ2) is 13.0. The molecule has 0 bridgehead atoms. The van der Waals surface area contributed by atoms with E-state index in [1.807, 2.05) is 42.5 Å². The molecule has 1 fully saturated rings. The lowest BCUT2D eigenvalue weighted by atomic mass is 9.99. The highest BCUT2D eigenvalue weighted by Gasteiger charge is 2.33. The van der Waals surface area contributed by atoms with E-state index in [9.17, 15) is 13.5 Å². The molecule has 41 heavy (non-hydrogen) atoms. The Bertz CT molecular complexity index is 1500. The fraction of sp³-hybridized carbons (Fsp3) is 0.273. The van der Waals surface area contributed by atoms with Crippen LogP contribution in [0.15, 0.2) is 114 Å². The van der Waals surface area contributed by atoms with Crippen molar-refractivity contribution in [3.05, 3.63) is 131 Å². The number of aliphatic hydroxyl groups excluding tert-OH is 1. The van der Waals surface area contributed by atoms with Crippen LogP contribution in [0.4, 0.5) is 5.69 Å². The largest absolute Gasteiger partial charge is 0.392 e. The number of nitrogens with one attached hydrogen (secondary N) is 1. The minimum absolute atomic E-state index is 0.0112. The Morgan fingerprint density at radius 3 is 2.10 bits per heavy atom. The zero-order valence-electron chi connectivity index (χ0n) is 23.3. The van der Waals surface area contributed by atoms with Crippen molar-refractivity contribution < 1.29 is 23.0 Å². The first-order chi connectivity index (χ1) is 19.8. The molecule has 2 N–H and O–H groups in total. The van der Waals surface area contributed by atoms with Gasteiger partial charge in [-0.25, -0.2) is 8.42 Å². The van der Waals surface area contributed by atoms with Crippen LogP contribution in [0.3, 0.4) is 0 Å². The first kappa shape index (κ1) is 29.0. The molecule has 0 spiro atoms. The summed E-state index contributed by atoms with van der Waals surface area (Å²) in [5.74, 6) is 0. The Labute approximate surface area is 242 Å². The number of ether oxygens (including phenoxy) is 2. The van der Waals surface area contributed by atoms with E-state index in [2.05, 4.69) is 47.9 Å². The van der Waals surface area contributed by atoms with Gasteiger partial charge in [-0.2, -0.15) is 0 Å². The van der Waals surface area contributed by atoms with E-state index in [1.54, 1.807) is 42.5 Å². The lowest BCUT2D eigenvalue weighted by Crippen LogP contribution is -2.38. The van der Waals surface area contributed by atoms with Crippen LogP contribution in [0.1, 0.15) is 54.0 Å². The topological polar surface area (TPSA) is 88.1 Å². The van der Waals surface area contributed by atoms with Crippen molar-refractivity contribution in [1.82, 2.24) is 4.90 Å². The first-order valence-corrected chi connectivity index (χ1v) is 15.2. The second-order valence-electron chi connectivity index (χ2n) is 10.4. The van der Waals surface area contributed by atoms with Gasteiger partial charge in [0.2, 0.25) is 0 Å². The molecular weight excluding hydrogens is 536 g/mol. The summed E-state index contributed by atoms with van der Waals surface area (Å²) in [5, 5.41) is 9.47. The molecule has 8 heteroatoms. The van der Waals surface area contributed by atoms with Crippen molar-refractivity contribution in [2.24, 2.45) is 0 Å². The van der Waals surface area contributed by atoms with Crippen LogP contribution in [-0.4, -0.2) is 38.1 Å². The van der Waals surface area contributed by atoms with Crippen LogP contribution in [0.5, 0.6) is 0 Å². The highest BCUT2D eigenvalue weighted by atomic mass is 32.2. The Morgan fingerprint density at radius 2 is 1.46 bits per heavy atom. The van der Waals surface area contributed by atoms with E-state index < -0.39 is 16.3 Å². The summed E-state index contributed by atoms with van der Waals surface area (Å²) in [6, 6.07) is 33.8. The van der Waals surface area contributed by atoms with Crippen molar-refractivity contribution in [1.29, 1.82) is 0 Å². The first-order valence-electron chi connectivity index (χ1n) is 13.8. The fourth-order valence-electron chi connectivity index (χ4n) is 5.02. The molecule has 0 amide bonds. The van der Waals surface area contributed by atoms with Crippen LogP contribution < -0.4 is 4.72 Å². The molecular formula is C33H36N2O5S. The summed E-state index contributed by atoms with van der Waals surface area (Å²) in [5.41, 5.74) is 4.36. The number of likely N-dealkylation sites (N-methyl/N-ethyl adjacent to an activating group) is 1. The summed E-state index contributed by atoms with van der Waals surface area (Å²) in [6.45, 7) is 2.88. The Balaban J connectivity index is 1.34. The van der Waals surface area contributed by atoms with Gasteiger partial charge in [0.25, 0.3) is 10.0 Å². The Morgan fingerprint density at radius 1 is 0.854 bits per heavy atom. The molecule has 7 nitrogen and oxygen atoms in total. The quantitative estimate of drug-likeness (QED) is 0.235. The van der Waals surface area contributed by atoms with E-state index in [1.165, 1.54) is 5.56 Å². The molecule has 0 saturated carbocycles. The zero-order valence-corrected chi connectivity index (χ0v) is 24.1. The van der Waals surface area contributed by atoms with Gasteiger partial charge in [-0.15, -0.1) is 0 Å². The smallest absolute Gasteiger partial charge is 0.261 e. The van der Waals surface area contributed by atoms with Gasteiger partial charge in [-0.1, -0.05) is 84.9 Å². The third-order valence-corrected chi connectivity index (χ3v) is 8.94. The molecule has 1 heterocycles. The van der Waals surface area contributed by atoms with Gasteiger partial charge >= 0.3 is 0 Å². The average Bonchev–Trinajstić information content (AvgIpc) is 3.01. The molecule has 214 valence electrons. The summed E-state index contributed by atoms with van der Waals surface area (Å²) >= 11 is 0. The standard InChI is InChI=1S/C33H36N2O5S/c1-24(26-9-5-3-6-10-26)35(2)22-30-21-32(27-15-13-25(23-36)14-16-27)40-33(39-30)28-17-19-29(20-18-28)34-41(37,38)31-11-7-4-8-12-31/h3-20,24,30,32-34,36H,21-23H2,1-2H3. The van der Waals surface area contributed by atoms with Gasteiger partial charge in [0.05, 0.1) is 23.7 Å². The predicted molar refractivity (Wildman–Crippen MR) is 160 cm³/mol. The molecule has 0 aromatic heterocycles. The molecule has 4 aromatic carbocycles. The number of rotatable bonds is 10. The maximum absolute atomic E-state index is 12.8. The minimum Gasteiger partial charge on any atom is -0.392 e. The van der Waals surface area contributed by atoms with E-state index >= 15 is 0 Å². The number of sulfonamides is 1. The van der Waals surface area contributed by atoms with Crippen LogP contribution in [-0.2, 0) is 26.1 Å². The maximum Gasteiger partial charge on any atom is 0.261 e. The number of anilines is 1. The van der Waals surface area contributed by atoms with Gasteiger partial charge in [0.15, 0.2) is 6.29 Å². The Kier molecular flexibility index (Phi) is 9.17. The van der Waals surface area contributed by atoms with Crippen LogP contribution in [0.25, 0.3) is 0 Å². The summed E-state index contributed by atoms with van der Waals surface area (Å²) in [6.07, 6.45) is -0.265. The molecule has 5 rings (SSSR count). The van der Waals surface area contributed by atoms with E-state index in [0.717, 1.165) is 16.7 Å². The van der Waals surface area contributed by atoms with Gasteiger partial charge < -0.3 is 14.6 Å². The highest BCUT2D eigenvalue weighted by Crippen LogP contribution is 2.39. The number of nitrogens with zero attached hydrogens (tertiary/aromatic N) is 1. The van der Waals surface area contributed by atoms with Crippen LogP contribution >= 0.6 is 0 Å². The SMILES string of the molecule is CC(c1ccccc1)N(C)CC1CC(c2ccc(CO)cc2)OC(c2ccc(NS(=O)(=O)c3ccccc3)cc2)O1. The van der Waals surface area contributed by atoms with Crippen LogP contribution in [0, 0.1) is 0 Å². The predicted octanol–water partition coefficient (Wildman–Crippen LogP) is 6.22.